The lowest BCUT2D eigenvalue weighted by molar-refractivity contribution is -0.0146. The maximum absolute atomic E-state index is 12.5. The molecule has 1 saturated heterocycles. The normalized spacial score (nSPS) is 15.9. The molecule has 1 heterocycles. The fraction of sp³-hybridized carbons (Fsp3) is 0.381. The van der Waals surface area contributed by atoms with Crippen LogP contribution >= 0.6 is 0 Å². The van der Waals surface area contributed by atoms with E-state index in [-0.39, 0.29) is 23.7 Å². The van der Waals surface area contributed by atoms with Crippen LogP contribution in [0.2, 0.25) is 0 Å². The lowest BCUT2D eigenvalue weighted by Crippen LogP contribution is -2.43. The second-order valence-corrected chi connectivity index (χ2v) is 6.92. The van der Waals surface area contributed by atoms with E-state index in [1.165, 1.54) is 7.11 Å². The summed E-state index contributed by atoms with van der Waals surface area (Å²) in [4.78, 5) is 12.5. The summed E-state index contributed by atoms with van der Waals surface area (Å²) in [7, 11) is 1.50. The van der Waals surface area contributed by atoms with Gasteiger partial charge >= 0.3 is 0 Å². The van der Waals surface area contributed by atoms with Gasteiger partial charge in [0.05, 0.1) is 13.7 Å². The molecule has 0 aromatic heterocycles. The molecule has 27 heavy (non-hydrogen) atoms. The van der Waals surface area contributed by atoms with Crippen molar-refractivity contribution in [2.24, 2.45) is 5.41 Å². The highest BCUT2D eigenvalue weighted by Gasteiger charge is 2.32. The van der Waals surface area contributed by atoms with Gasteiger partial charge < -0.3 is 25.0 Å². The molecule has 0 atom stereocenters. The number of rotatable bonds is 6. The minimum Gasteiger partial charge on any atom is -0.504 e. The number of ether oxygens (including phenoxy) is 2. The Hall–Kier alpha value is -2.57. The van der Waals surface area contributed by atoms with Crippen LogP contribution in [0.1, 0.15) is 23.2 Å². The minimum absolute atomic E-state index is 0.0399. The van der Waals surface area contributed by atoms with E-state index >= 15 is 0 Å². The van der Waals surface area contributed by atoms with Gasteiger partial charge in [-0.15, -0.1) is 0 Å². The van der Waals surface area contributed by atoms with Crippen molar-refractivity contribution in [2.45, 2.75) is 12.8 Å². The molecule has 2 aromatic rings. The van der Waals surface area contributed by atoms with Crippen molar-refractivity contribution in [3.63, 3.8) is 0 Å². The molecule has 0 saturated carbocycles. The van der Waals surface area contributed by atoms with Gasteiger partial charge in [-0.25, -0.2) is 0 Å². The Morgan fingerprint density at radius 2 is 1.81 bits per heavy atom. The summed E-state index contributed by atoms with van der Waals surface area (Å²) in [5.74, 6) is 0.326. The van der Waals surface area contributed by atoms with E-state index in [2.05, 4.69) is 5.32 Å². The Bertz CT molecular complexity index is 782. The summed E-state index contributed by atoms with van der Waals surface area (Å²) >= 11 is 0. The zero-order valence-corrected chi connectivity index (χ0v) is 15.4. The zero-order valence-electron chi connectivity index (χ0n) is 15.4. The van der Waals surface area contributed by atoms with Crippen LogP contribution in [-0.2, 0) is 4.74 Å². The van der Waals surface area contributed by atoms with Crippen LogP contribution in [0.4, 0.5) is 0 Å². The quantitative estimate of drug-likeness (QED) is 0.726. The molecule has 1 fully saturated rings. The molecule has 0 spiro atoms. The van der Waals surface area contributed by atoms with Crippen molar-refractivity contribution in [1.29, 1.82) is 0 Å². The smallest absolute Gasteiger partial charge is 0.251 e. The molecule has 3 rings (SSSR count). The van der Waals surface area contributed by atoms with E-state index in [0.29, 0.717) is 31.1 Å². The number of phenols is 1. The lowest BCUT2D eigenvalue weighted by atomic mass is 9.81. The van der Waals surface area contributed by atoms with Crippen LogP contribution < -0.4 is 10.1 Å². The molecule has 1 aliphatic heterocycles. The fourth-order valence-electron chi connectivity index (χ4n) is 3.24. The highest BCUT2D eigenvalue weighted by molar-refractivity contribution is 5.94. The van der Waals surface area contributed by atoms with Gasteiger partial charge in [0.2, 0.25) is 0 Å². The van der Waals surface area contributed by atoms with Crippen LogP contribution in [0.5, 0.6) is 11.5 Å². The van der Waals surface area contributed by atoms with Gasteiger partial charge in [-0.1, -0.05) is 18.2 Å². The molecular formula is C21H25NO5. The van der Waals surface area contributed by atoms with Crippen molar-refractivity contribution >= 4 is 5.91 Å². The SMILES string of the molecule is COc1cc(-c2ccc(C(=O)NCC3(CO)CCOCC3)cc2)ccc1O. The Morgan fingerprint density at radius 3 is 2.44 bits per heavy atom. The van der Waals surface area contributed by atoms with Crippen molar-refractivity contribution in [2.75, 3.05) is 33.5 Å². The number of nitrogens with one attached hydrogen (secondary N) is 1. The Balaban J connectivity index is 1.67. The molecular weight excluding hydrogens is 346 g/mol. The highest BCUT2D eigenvalue weighted by Crippen LogP contribution is 2.32. The second kappa shape index (κ2) is 8.41. The van der Waals surface area contributed by atoms with Crippen molar-refractivity contribution in [3.05, 3.63) is 48.0 Å². The first-order valence-corrected chi connectivity index (χ1v) is 9.01. The Morgan fingerprint density at radius 1 is 1.15 bits per heavy atom. The molecule has 0 unspecified atom stereocenters. The number of hydrogen-bond acceptors (Lipinski definition) is 5. The Kier molecular flexibility index (Phi) is 5.98. The molecule has 3 N–H and O–H groups in total. The number of carbonyl (C=O) groups excluding carboxylic acids is 1. The topological polar surface area (TPSA) is 88.0 Å². The van der Waals surface area contributed by atoms with E-state index in [0.717, 1.165) is 24.0 Å². The van der Waals surface area contributed by atoms with Crippen LogP contribution in [0.25, 0.3) is 11.1 Å². The molecule has 6 nitrogen and oxygen atoms in total. The van der Waals surface area contributed by atoms with E-state index in [4.69, 9.17) is 9.47 Å². The number of aliphatic hydroxyl groups excluding tert-OH is 1. The number of carbonyl (C=O) groups is 1. The van der Waals surface area contributed by atoms with Gasteiger partial charge in [-0.3, -0.25) is 4.79 Å². The van der Waals surface area contributed by atoms with Gasteiger partial charge in [0.15, 0.2) is 11.5 Å². The number of methoxy groups -OCH3 is 1. The van der Waals surface area contributed by atoms with Crippen molar-refractivity contribution in [3.8, 4) is 22.6 Å². The predicted octanol–water partition coefficient (Wildman–Crippen LogP) is 2.59. The highest BCUT2D eigenvalue weighted by atomic mass is 16.5. The summed E-state index contributed by atoms with van der Waals surface area (Å²) < 4.78 is 10.5. The average Bonchev–Trinajstić information content (AvgIpc) is 2.73. The number of benzene rings is 2. The minimum atomic E-state index is -0.295. The largest absolute Gasteiger partial charge is 0.504 e. The average molecular weight is 371 g/mol. The first-order valence-electron chi connectivity index (χ1n) is 9.01. The van der Waals surface area contributed by atoms with Gasteiger partial charge in [-0.2, -0.15) is 0 Å². The molecule has 0 bridgehead atoms. The van der Waals surface area contributed by atoms with Crippen LogP contribution in [0.3, 0.4) is 0 Å². The number of hydrogen-bond donors (Lipinski definition) is 3. The third kappa shape index (κ3) is 4.40. The molecule has 1 aliphatic rings. The lowest BCUT2D eigenvalue weighted by Gasteiger charge is -2.35. The van der Waals surface area contributed by atoms with Crippen LogP contribution in [0, 0.1) is 5.41 Å². The summed E-state index contributed by atoms with van der Waals surface area (Å²) in [6, 6.07) is 12.4. The number of amides is 1. The first-order chi connectivity index (χ1) is 13.1. The number of phenolic OH excluding ortho intramolecular Hbond substituents is 1. The van der Waals surface area contributed by atoms with Gasteiger partial charge in [0, 0.05) is 30.7 Å². The number of aromatic hydroxyl groups is 1. The van der Waals surface area contributed by atoms with Crippen molar-refractivity contribution < 1.29 is 24.5 Å². The number of aliphatic hydroxyl groups is 1. The molecule has 144 valence electrons. The maximum atomic E-state index is 12.5. The summed E-state index contributed by atoms with van der Waals surface area (Å²) in [5, 5.41) is 22.4. The van der Waals surface area contributed by atoms with Gasteiger partial charge in [0.1, 0.15) is 0 Å². The fourth-order valence-corrected chi connectivity index (χ4v) is 3.24. The molecule has 0 radical (unpaired) electrons. The summed E-state index contributed by atoms with van der Waals surface area (Å²) in [6.07, 6.45) is 1.48. The first kappa shape index (κ1) is 19.2. The van der Waals surface area contributed by atoms with Crippen molar-refractivity contribution in [1.82, 2.24) is 5.32 Å². The monoisotopic (exact) mass is 371 g/mol. The molecule has 2 aromatic carbocycles. The van der Waals surface area contributed by atoms with E-state index in [9.17, 15) is 15.0 Å². The third-order valence-electron chi connectivity index (χ3n) is 5.17. The maximum Gasteiger partial charge on any atom is 0.251 e. The Labute approximate surface area is 158 Å². The van der Waals surface area contributed by atoms with Crippen LogP contribution in [-0.4, -0.2) is 49.6 Å². The molecule has 1 amide bonds. The van der Waals surface area contributed by atoms with Crippen LogP contribution in [0.15, 0.2) is 42.5 Å². The van der Waals surface area contributed by atoms with E-state index in [1.807, 2.05) is 12.1 Å². The summed E-state index contributed by atoms with van der Waals surface area (Å²) in [5.41, 5.74) is 2.07. The van der Waals surface area contributed by atoms with Gasteiger partial charge in [0.25, 0.3) is 5.91 Å². The molecule has 0 aliphatic carbocycles. The third-order valence-corrected chi connectivity index (χ3v) is 5.17. The summed E-state index contributed by atoms with van der Waals surface area (Å²) in [6.45, 7) is 1.70. The second-order valence-electron chi connectivity index (χ2n) is 6.92. The predicted molar refractivity (Wildman–Crippen MR) is 102 cm³/mol. The van der Waals surface area contributed by atoms with E-state index in [1.54, 1.807) is 30.3 Å². The molecule has 6 heteroatoms. The van der Waals surface area contributed by atoms with E-state index < -0.39 is 0 Å². The standard InChI is InChI=1S/C21H25NO5/c1-26-19-12-17(6-7-18(19)24)15-2-4-16(5-3-15)20(25)22-13-21(14-23)8-10-27-11-9-21/h2-7,12,23-24H,8-11,13-14H2,1H3,(H,22,25). The van der Waals surface area contributed by atoms with Gasteiger partial charge in [-0.05, 0) is 48.2 Å². The zero-order chi connectivity index (χ0) is 19.3.